The Hall–Kier alpha value is -3.12. The van der Waals surface area contributed by atoms with E-state index < -0.39 is 10.8 Å². The molecule has 33 heavy (non-hydrogen) atoms. The third kappa shape index (κ3) is 4.15. The topological polar surface area (TPSA) is 64.4 Å². The fourth-order valence-corrected chi connectivity index (χ4v) is 4.71. The molecular weight excluding hydrogens is 438 g/mol. The Balaban J connectivity index is 1.71. The predicted molar refractivity (Wildman–Crippen MR) is 129 cm³/mol. The van der Waals surface area contributed by atoms with Crippen molar-refractivity contribution in [1.29, 1.82) is 0 Å². The number of esters is 1. The second kappa shape index (κ2) is 9.02. The maximum atomic E-state index is 13.7. The van der Waals surface area contributed by atoms with Crippen LogP contribution in [0, 0.1) is 19.3 Å². The van der Waals surface area contributed by atoms with E-state index in [2.05, 4.69) is 5.10 Å². The minimum Gasteiger partial charge on any atom is -0.466 e. The third-order valence-electron chi connectivity index (χ3n) is 6.33. The molecule has 3 aromatic rings. The molecule has 0 aliphatic carbocycles. The van der Waals surface area contributed by atoms with E-state index in [9.17, 15) is 9.59 Å². The third-order valence-corrected chi connectivity index (χ3v) is 7.05. The maximum absolute atomic E-state index is 13.7. The molecule has 0 saturated carbocycles. The fraction of sp³-hybridized carbons (Fsp3) is 0.346. The first-order valence-electron chi connectivity index (χ1n) is 11.1. The van der Waals surface area contributed by atoms with Crippen molar-refractivity contribution in [3.63, 3.8) is 0 Å². The Labute approximate surface area is 199 Å². The summed E-state index contributed by atoms with van der Waals surface area (Å²) in [6.45, 7) is 8.09. The number of anilines is 1. The van der Waals surface area contributed by atoms with Crippen LogP contribution in [0.15, 0.2) is 54.7 Å². The molecule has 0 saturated heterocycles. The summed E-state index contributed by atoms with van der Waals surface area (Å²) in [4.78, 5) is 28.3. The molecule has 1 aliphatic heterocycles. The van der Waals surface area contributed by atoms with Crippen molar-refractivity contribution in [2.24, 2.45) is 5.41 Å². The number of fused-ring (bicyclic) bond motifs is 1. The van der Waals surface area contributed by atoms with Crippen molar-refractivity contribution in [3.05, 3.63) is 77.1 Å². The van der Waals surface area contributed by atoms with Crippen LogP contribution in [0.1, 0.15) is 52.8 Å². The first-order chi connectivity index (χ1) is 15.8. The van der Waals surface area contributed by atoms with Gasteiger partial charge in [0.05, 0.1) is 28.8 Å². The van der Waals surface area contributed by atoms with Crippen LogP contribution >= 0.6 is 11.6 Å². The van der Waals surface area contributed by atoms with E-state index in [0.717, 1.165) is 28.2 Å². The van der Waals surface area contributed by atoms with Gasteiger partial charge in [-0.05, 0) is 75.6 Å². The van der Waals surface area contributed by atoms with Crippen LogP contribution in [-0.4, -0.2) is 34.8 Å². The van der Waals surface area contributed by atoms with Crippen LogP contribution < -0.4 is 4.90 Å². The highest BCUT2D eigenvalue weighted by atomic mass is 35.5. The molecule has 1 unspecified atom stereocenters. The standard InChI is InChI=1S/C26H28ClN3O3/c1-5-33-25(32)26(4)13-15-29(22-9-7-6-8-21(22)23(26)27)24(31)20-11-10-19(16-17(20)2)30-14-12-18(3)28-30/h6-12,14,16,23H,5,13,15H2,1-4H3/t23?,26-/m1/s1. The molecule has 6 nitrogen and oxygen atoms in total. The molecule has 7 heteroatoms. The quantitative estimate of drug-likeness (QED) is 0.383. The Morgan fingerprint density at radius 2 is 1.94 bits per heavy atom. The highest BCUT2D eigenvalue weighted by molar-refractivity contribution is 6.23. The average Bonchev–Trinajstić information content (AvgIpc) is 3.20. The van der Waals surface area contributed by atoms with Crippen molar-refractivity contribution < 1.29 is 14.3 Å². The summed E-state index contributed by atoms with van der Waals surface area (Å²) in [5, 5.41) is 3.83. The van der Waals surface area contributed by atoms with Gasteiger partial charge in [-0.1, -0.05) is 18.2 Å². The first kappa shape index (κ1) is 23.1. The summed E-state index contributed by atoms with van der Waals surface area (Å²) < 4.78 is 7.14. The Kier molecular flexibility index (Phi) is 6.30. The Bertz CT molecular complexity index is 1200. The number of hydrogen-bond donors (Lipinski definition) is 0. The Morgan fingerprint density at radius 1 is 1.18 bits per heavy atom. The van der Waals surface area contributed by atoms with Crippen LogP contribution in [0.2, 0.25) is 0 Å². The minimum absolute atomic E-state index is 0.125. The number of ether oxygens (including phenoxy) is 1. The lowest BCUT2D eigenvalue weighted by atomic mass is 9.80. The number of aryl methyl sites for hydroxylation is 2. The molecule has 0 radical (unpaired) electrons. The van der Waals surface area contributed by atoms with Gasteiger partial charge in [-0.25, -0.2) is 4.68 Å². The molecule has 0 spiro atoms. The molecule has 2 heterocycles. The zero-order valence-electron chi connectivity index (χ0n) is 19.3. The molecule has 2 aromatic carbocycles. The molecular formula is C26H28ClN3O3. The van der Waals surface area contributed by atoms with Crippen LogP contribution in [0.5, 0.6) is 0 Å². The second-order valence-corrected chi connectivity index (χ2v) is 9.10. The smallest absolute Gasteiger partial charge is 0.313 e. The highest BCUT2D eigenvalue weighted by Gasteiger charge is 2.46. The number of amides is 1. The van der Waals surface area contributed by atoms with E-state index in [0.29, 0.717) is 18.5 Å². The molecule has 0 fully saturated rings. The molecule has 0 bridgehead atoms. The molecule has 4 rings (SSSR count). The number of nitrogens with zero attached hydrogens (tertiary/aromatic N) is 3. The molecule has 1 aliphatic rings. The van der Waals surface area contributed by atoms with E-state index in [1.165, 1.54) is 0 Å². The van der Waals surface area contributed by atoms with Crippen LogP contribution in [-0.2, 0) is 9.53 Å². The van der Waals surface area contributed by atoms with Crippen molar-refractivity contribution in [2.75, 3.05) is 18.1 Å². The van der Waals surface area contributed by atoms with Gasteiger partial charge in [0.1, 0.15) is 0 Å². The normalized spacial score (nSPS) is 20.2. The number of alkyl halides is 1. The number of hydrogen-bond acceptors (Lipinski definition) is 4. The van der Waals surface area contributed by atoms with Gasteiger partial charge >= 0.3 is 5.97 Å². The fourth-order valence-electron chi connectivity index (χ4n) is 4.33. The van der Waals surface area contributed by atoms with Gasteiger partial charge in [0.15, 0.2) is 0 Å². The second-order valence-electron chi connectivity index (χ2n) is 8.67. The first-order valence-corrected chi connectivity index (χ1v) is 11.5. The van der Waals surface area contributed by atoms with Gasteiger partial charge in [0, 0.05) is 24.0 Å². The molecule has 172 valence electrons. The SMILES string of the molecule is CCOC(=O)[C@]1(C)CCN(C(=O)c2ccc(-n3ccc(C)n3)cc2C)c2ccccc2C1Cl. The molecule has 2 atom stereocenters. The maximum Gasteiger partial charge on any atom is 0.313 e. The van der Waals surface area contributed by atoms with Gasteiger partial charge in [0.25, 0.3) is 5.91 Å². The minimum atomic E-state index is -0.945. The van der Waals surface area contributed by atoms with E-state index in [1.54, 1.807) is 16.5 Å². The summed E-state index contributed by atoms with van der Waals surface area (Å²) in [5.74, 6) is -0.468. The van der Waals surface area contributed by atoms with Gasteiger partial charge in [-0.15, -0.1) is 11.6 Å². The van der Waals surface area contributed by atoms with Gasteiger partial charge in [-0.2, -0.15) is 5.10 Å². The number of carbonyl (C=O) groups excluding carboxylic acids is 2. The van der Waals surface area contributed by atoms with Crippen molar-refractivity contribution in [2.45, 2.75) is 39.5 Å². The lowest BCUT2D eigenvalue weighted by molar-refractivity contribution is -0.154. The van der Waals surface area contributed by atoms with E-state index >= 15 is 0 Å². The lowest BCUT2D eigenvalue weighted by Crippen LogP contribution is -2.37. The van der Waals surface area contributed by atoms with E-state index in [-0.39, 0.29) is 18.5 Å². The van der Waals surface area contributed by atoms with Gasteiger partial charge in [0.2, 0.25) is 0 Å². The van der Waals surface area contributed by atoms with Crippen LogP contribution in [0.25, 0.3) is 5.69 Å². The number of halogens is 1. The zero-order valence-corrected chi connectivity index (χ0v) is 20.1. The number of benzene rings is 2. The van der Waals surface area contributed by atoms with E-state index in [1.807, 2.05) is 75.5 Å². The summed E-state index contributed by atoms with van der Waals surface area (Å²) in [6.07, 6.45) is 2.29. The summed E-state index contributed by atoms with van der Waals surface area (Å²) in [7, 11) is 0. The highest BCUT2D eigenvalue weighted by Crippen LogP contribution is 2.49. The van der Waals surface area contributed by atoms with Crippen LogP contribution in [0.4, 0.5) is 5.69 Å². The Morgan fingerprint density at radius 3 is 2.61 bits per heavy atom. The predicted octanol–water partition coefficient (Wildman–Crippen LogP) is 5.39. The number of carbonyl (C=O) groups is 2. The summed E-state index contributed by atoms with van der Waals surface area (Å²) >= 11 is 6.88. The summed E-state index contributed by atoms with van der Waals surface area (Å²) in [6, 6.07) is 15.1. The number of rotatable bonds is 4. The zero-order chi connectivity index (χ0) is 23.8. The summed E-state index contributed by atoms with van der Waals surface area (Å²) in [5.41, 5.74) is 3.80. The molecule has 1 amide bonds. The van der Waals surface area contributed by atoms with Crippen LogP contribution in [0.3, 0.4) is 0 Å². The largest absolute Gasteiger partial charge is 0.466 e. The average molecular weight is 466 g/mol. The molecule has 1 aromatic heterocycles. The van der Waals surface area contributed by atoms with Crippen molar-refractivity contribution in [3.8, 4) is 5.69 Å². The van der Waals surface area contributed by atoms with E-state index in [4.69, 9.17) is 16.3 Å². The molecule has 0 N–H and O–H groups in total. The number of para-hydroxylation sites is 1. The number of aromatic nitrogens is 2. The van der Waals surface area contributed by atoms with Gasteiger partial charge < -0.3 is 9.64 Å². The van der Waals surface area contributed by atoms with Crippen molar-refractivity contribution >= 4 is 29.2 Å². The van der Waals surface area contributed by atoms with Crippen molar-refractivity contribution in [1.82, 2.24) is 9.78 Å². The van der Waals surface area contributed by atoms with Gasteiger partial charge in [-0.3, -0.25) is 9.59 Å². The lowest BCUT2D eigenvalue weighted by Gasteiger charge is -2.30. The monoisotopic (exact) mass is 465 g/mol.